The Labute approximate surface area is 215 Å². The fourth-order valence-electron chi connectivity index (χ4n) is 4.64. The molecule has 0 saturated carbocycles. The summed E-state index contributed by atoms with van der Waals surface area (Å²) in [6.07, 6.45) is 0. The molecule has 0 bridgehead atoms. The molecule has 0 atom stereocenters. The Hall–Kier alpha value is -4.20. The molecule has 0 saturated heterocycles. The first-order valence-corrected chi connectivity index (χ1v) is 14.6. The minimum Gasteiger partial charge on any atom is -0.309 e. The standard InChI is InChI=1S/C30H21NO4S2/c32-36(33,23-12-6-2-7-13-23)25-16-18-29-27(20-25)28-21-26(37(34,35)24-14-8-3-9-15-24)17-19-30(28)31(29)22-10-4-1-5-11-22/h1-21H. The molecule has 182 valence electrons. The zero-order valence-corrected chi connectivity index (χ0v) is 21.2. The van der Waals surface area contributed by atoms with Gasteiger partial charge in [0.1, 0.15) is 0 Å². The average molecular weight is 524 g/mol. The monoisotopic (exact) mass is 523 g/mol. The van der Waals surface area contributed by atoms with E-state index in [0.29, 0.717) is 10.8 Å². The maximum Gasteiger partial charge on any atom is 0.206 e. The Balaban J connectivity index is 1.65. The molecule has 0 fully saturated rings. The molecule has 0 spiro atoms. The molecular formula is C30H21NO4S2. The van der Waals surface area contributed by atoms with Gasteiger partial charge in [-0.2, -0.15) is 0 Å². The van der Waals surface area contributed by atoms with E-state index in [1.807, 2.05) is 34.9 Å². The lowest BCUT2D eigenvalue weighted by molar-refractivity contribution is 0.594. The van der Waals surface area contributed by atoms with E-state index < -0.39 is 19.7 Å². The first-order chi connectivity index (χ1) is 17.9. The molecule has 5 aromatic carbocycles. The Kier molecular flexibility index (Phi) is 5.47. The topological polar surface area (TPSA) is 73.2 Å². The average Bonchev–Trinajstić information content (AvgIpc) is 3.27. The van der Waals surface area contributed by atoms with Crippen LogP contribution >= 0.6 is 0 Å². The minimum atomic E-state index is -3.76. The van der Waals surface area contributed by atoms with Gasteiger partial charge >= 0.3 is 0 Å². The van der Waals surface area contributed by atoms with Gasteiger partial charge in [0.05, 0.1) is 30.6 Å². The van der Waals surface area contributed by atoms with Gasteiger partial charge in [0, 0.05) is 16.5 Å². The number of nitrogens with zero attached hydrogens (tertiary/aromatic N) is 1. The van der Waals surface area contributed by atoms with Gasteiger partial charge in [0.25, 0.3) is 0 Å². The molecule has 37 heavy (non-hydrogen) atoms. The molecule has 7 heteroatoms. The molecule has 5 nitrogen and oxygen atoms in total. The number of aromatic nitrogens is 1. The third kappa shape index (κ3) is 3.84. The largest absolute Gasteiger partial charge is 0.309 e. The van der Waals surface area contributed by atoms with E-state index in [1.165, 1.54) is 0 Å². The normalized spacial score (nSPS) is 12.2. The van der Waals surface area contributed by atoms with Crippen molar-refractivity contribution in [2.45, 2.75) is 19.6 Å². The summed E-state index contributed by atoms with van der Waals surface area (Å²) < 4.78 is 55.6. The van der Waals surface area contributed by atoms with E-state index in [4.69, 9.17) is 0 Å². The highest BCUT2D eigenvalue weighted by molar-refractivity contribution is 7.91. The van der Waals surface area contributed by atoms with Crippen LogP contribution in [0.1, 0.15) is 0 Å². The molecule has 1 aromatic heterocycles. The first-order valence-electron chi connectivity index (χ1n) is 11.6. The van der Waals surface area contributed by atoms with Gasteiger partial charge in [-0.15, -0.1) is 0 Å². The van der Waals surface area contributed by atoms with Gasteiger partial charge in [-0.05, 0) is 72.8 Å². The van der Waals surface area contributed by atoms with Crippen LogP contribution in [0.2, 0.25) is 0 Å². The number of sulfone groups is 2. The fraction of sp³-hybridized carbons (Fsp3) is 0. The van der Waals surface area contributed by atoms with Crippen LogP contribution in [-0.4, -0.2) is 21.4 Å². The number of para-hydroxylation sites is 1. The number of hydrogen-bond acceptors (Lipinski definition) is 4. The van der Waals surface area contributed by atoms with Crippen molar-refractivity contribution in [1.29, 1.82) is 0 Å². The maximum absolute atomic E-state index is 13.4. The van der Waals surface area contributed by atoms with Crippen molar-refractivity contribution in [2.24, 2.45) is 0 Å². The molecule has 0 N–H and O–H groups in total. The van der Waals surface area contributed by atoms with Crippen molar-refractivity contribution in [1.82, 2.24) is 4.57 Å². The lowest BCUT2D eigenvalue weighted by Crippen LogP contribution is -2.01. The number of hydrogen-bond donors (Lipinski definition) is 0. The molecule has 0 amide bonds. The number of benzene rings is 5. The third-order valence-corrected chi connectivity index (χ3v) is 9.98. The second-order valence-electron chi connectivity index (χ2n) is 8.66. The zero-order chi connectivity index (χ0) is 25.6. The summed E-state index contributed by atoms with van der Waals surface area (Å²) >= 11 is 0. The van der Waals surface area contributed by atoms with E-state index in [0.717, 1.165) is 16.7 Å². The number of rotatable bonds is 5. The van der Waals surface area contributed by atoms with Crippen molar-refractivity contribution in [2.75, 3.05) is 0 Å². The van der Waals surface area contributed by atoms with Gasteiger partial charge in [-0.3, -0.25) is 0 Å². The van der Waals surface area contributed by atoms with Crippen LogP contribution in [0.15, 0.2) is 147 Å². The summed E-state index contributed by atoms with van der Waals surface area (Å²) in [4.78, 5) is 0.700. The maximum atomic E-state index is 13.4. The molecule has 1 heterocycles. The molecule has 0 aliphatic heterocycles. The minimum absolute atomic E-state index is 0.148. The van der Waals surface area contributed by atoms with Crippen LogP contribution in [0.25, 0.3) is 27.5 Å². The Morgan fingerprint density at radius 2 is 0.784 bits per heavy atom. The van der Waals surface area contributed by atoms with Crippen LogP contribution in [0.3, 0.4) is 0 Å². The van der Waals surface area contributed by atoms with E-state index in [2.05, 4.69) is 0 Å². The van der Waals surface area contributed by atoms with Crippen molar-refractivity contribution < 1.29 is 16.8 Å². The molecule has 6 aromatic rings. The van der Waals surface area contributed by atoms with Crippen LogP contribution in [-0.2, 0) is 19.7 Å². The zero-order valence-electron chi connectivity index (χ0n) is 19.5. The molecule has 6 rings (SSSR count). The van der Waals surface area contributed by atoms with E-state index >= 15 is 0 Å². The smallest absolute Gasteiger partial charge is 0.206 e. The summed E-state index contributed by atoms with van der Waals surface area (Å²) in [5.74, 6) is 0. The molecule has 0 aliphatic rings. The molecule has 0 radical (unpaired) electrons. The third-order valence-electron chi connectivity index (χ3n) is 6.45. The van der Waals surface area contributed by atoms with Crippen LogP contribution < -0.4 is 0 Å². The van der Waals surface area contributed by atoms with E-state index in [9.17, 15) is 16.8 Å². The molecule has 0 aliphatic carbocycles. The van der Waals surface area contributed by atoms with Gasteiger partial charge in [0.15, 0.2) is 0 Å². The highest BCUT2D eigenvalue weighted by Gasteiger charge is 2.23. The quantitative estimate of drug-likeness (QED) is 0.260. The lowest BCUT2D eigenvalue weighted by atomic mass is 10.1. The van der Waals surface area contributed by atoms with E-state index in [-0.39, 0.29) is 19.6 Å². The van der Waals surface area contributed by atoms with Gasteiger partial charge < -0.3 is 4.57 Å². The summed E-state index contributed by atoms with van der Waals surface area (Å²) in [5, 5.41) is 1.31. The van der Waals surface area contributed by atoms with E-state index in [1.54, 1.807) is 97.1 Å². The highest BCUT2D eigenvalue weighted by Crippen LogP contribution is 2.36. The van der Waals surface area contributed by atoms with Gasteiger partial charge in [-0.1, -0.05) is 54.6 Å². The summed E-state index contributed by atoms with van der Waals surface area (Å²) in [5.41, 5.74) is 2.45. The molecular weight excluding hydrogens is 502 g/mol. The van der Waals surface area contributed by atoms with Gasteiger partial charge in [-0.25, -0.2) is 16.8 Å². The van der Waals surface area contributed by atoms with Crippen LogP contribution in [0.5, 0.6) is 0 Å². The molecule has 0 unspecified atom stereocenters. The SMILES string of the molecule is O=S(=O)(c1ccccc1)c1ccc2c(c1)c1cc(S(=O)(=O)c3ccccc3)ccc1n2-c1ccccc1. The predicted octanol–water partition coefficient (Wildman–Crippen LogP) is 6.45. The number of fused-ring (bicyclic) bond motifs is 3. The van der Waals surface area contributed by atoms with Crippen molar-refractivity contribution in [3.8, 4) is 5.69 Å². The Morgan fingerprint density at radius 3 is 1.19 bits per heavy atom. The van der Waals surface area contributed by atoms with Crippen LogP contribution in [0.4, 0.5) is 0 Å². The Morgan fingerprint density at radius 1 is 0.405 bits per heavy atom. The summed E-state index contributed by atoms with van der Waals surface area (Å²) in [7, 11) is -7.53. The van der Waals surface area contributed by atoms with Crippen molar-refractivity contribution in [3.63, 3.8) is 0 Å². The Bertz CT molecular complexity index is 1850. The fourth-order valence-corrected chi connectivity index (χ4v) is 7.26. The van der Waals surface area contributed by atoms with Crippen molar-refractivity contribution >= 4 is 41.5 Å². The first kappa shape index (κ1) is 23.2. The predicted molar refractivity (Wildman–Crippen MR) is 145 cm³/mol. The summed E-state index contributed by atoms with van der Waals surface area (Å²) in [6, 6.07) is 36.3. The lowest BCUT2D eigenvalue weighted by Gasteiger charge is -2.09. The second-order valence-corrected chi connectivity index (χ2v) is 12.6. The second kappa shape index (κ2) is 8.73. The van der Waals surface area contributed by atoms with Crippen LogP contribution in [0, 0.1) is 0 Å². The highest BCUT2D eigenvalue weighted by atomic mass is 32.2. The van der Waals surface area contributed by atoms with Gasteiger partial charge in [0.2, 0.25) is 19.7 Å². The van der Waals surface area contributed by atoms with Crippen molar-refractivity contribution in [3.05, 3.63) is 127 Å². The summed E-state index contributed by atoms with van der Waals surface area (Å²) in [6.45, 7) is 0.